The van der Waals surface area contributed by atoms with Crippen molar-refractivity contribution in [1.82, 2.24) is 15.2 Å². The van der Waals surface area contributed by atoms with Gasteiger partial charge in [-0.2, -0.15) is 5.26 Å². The first-order chi connectivity index (χ1) is 14.4. The average Bonchev–Trinajstić information content (AvgIpc) is 2.98. The van der Waals surface area contributed by atoms with Gasteiger partial charge in [-0.15, -0.1) is 0 Å². The molecule has 30 heavy (non-hydrogen) atoms. The van der Waals surface area contributed by atoms with Crippen molar-refractivity contribution in [3.8, 4) is 17.3 Å². The number of amides is 3. The molecule has 0 atom stereocenters. The van der Waals surface area contributed by atoms with Crippen LogP contribution in [-0.2, 0) is 4.79 Å². The lowest BCUT2D eigenvalue weighted by molar-refractivity contribution is -0.132. The summed E-state index contributed by atoms with van der Waals surface area (Å²) in [4.78, 5) is 43.5. The molecule has 1 aliphatic carbocycles. The van der Waals surface area contributed by atoms with Gasteiger partial charge in [0.15, 0.2) is 5.78 Å². The van der Waals surface area contributed by atoms with Crippen LogP contribution in [0.25, 0.3) is 11.3 Å². The van der Waals surface area contributed by atoms with Crippen molar-refractivity contribution in [1.29, 1.82) is 5.26 Å². The van der Waals surface area contributed by atoms with Gasteiger partial charge >= 0.3 is 6.03 Å². The molecule has 2 heterocycles. The van der Waals surface area contributed by atoms with Gasteiger partial charge in [0.2, 0.25) is 0 Å². The lowest BCUT2D eigenvalue weighted by atomic mass is 9.82. The summed E-state index contributed by atoms with van der Waals surface area (Å²) in [6.45, 7) is 1.51. The highest BCUT2D eigenvalue weighted by atomic mass is 16.2. The summed E-state index contributed by atoms with van der Waals surface area (Å²) in [5, 5.41) is 12.1. The number of urea groups is 1. The van der Waals surface area contributed by atoms with Gasteiger partial charge in [0.05, 0.1) is 23.9 Å². The maximum absolute atomic E-state index is 12.9. The molecule has 0 bridgehead atoms. The molecule has 1 saturated carbocycles. The number of nitrogens with one attached hydrogen (secondary N) is 1. The van der Waals surface area contributed by atoms with Crippen LogP contribution < -0.4 is 5.32 Å². The Labute approximate surface area is 174 Å². The highest BCUT2D eigenvalue weighted by molar-refractivity contribution is 6.11. The summed E-state index contributed by atoms with van der Waals surface area (Å²) >= 11 is 0. The van der Waals surface area contributed by atoms with Gasteiger partial charge in [-0.05, 0) is 37.5 Å². The normalized spacial score (nSPS) is 17.7. The topological polar surface area (TPSA) is 103 Å². The molecule has 2 fully saturated rings. The van der Waals surface area contributed by atoms with E-state index in [9.17, 15) is 19.6 Å². The van der Waals surface area contributed by atoms with Crippen LogP contribution in [0, 0.1) is 18.3 Å². The molecule has 1 N–H and O–H groups in total. The molecule has 152 valence electrons. The number of aryl methyl sites for hydroxylation is 1. The van der Waals surface area contributed by atoms with Crippen LogP contribution in [0.1, 0.15) is 53.6 Å². The third-order valence-corrected chi connectivity index (χ3v) is 5.96. The lowest BCUT2D eigenvalue weighted by Gasteiger charge is -2.30. The molecule has 0 radical (unpaired) electrons. The van der Waals surface area contributed by atoms with Gasteiger partial charge in [-0.1, -0.05) is 37.5 Å². The molecular formula is C23H22N4O3. The van der Waals surface area contributed by atoms with E-state index in [4.69, 9.17) is 0 Å². The van der Waals surface area contributed by atoms with Crippen molar-refractivity contribution in [3.63, 3.8) is 0 Å². The zero-order valence-corrected chi connectivity index (χ0v) is 16.8. The number of aromatic nitrogens is 1. The Bertz CT molecular complexity index is 1080. The average molecular weight is 402 g/mol. The number of carbonyl (C=O) groups excluding carboxylic acids is 3. The largest absolute Gasteiger partial charge is 0.325 e. The smallest absolute Gasteiger partial charge is 0.323 e. The number of imide groups is 1. The van der Waals surface area contributed by atoms with E-state index in [1.165, 1.54) is 6.20 Å². The third-order valence-electron chi connectivity index (χ3n) is 5.96. The Morgan fingerprint density at radius 2 is 1.97 bits per heavy atom. The lowest BCUT2D eigenvalue weighted by Crippen LogP contribution is -2.48. The minimum atomic E-state index is -0.839. The molecular weight excluding hydrogens is 380 g/mol. The monoisotopic (exact) mass is 402 g/mol. The Morgan fingerprint density at radius 3 is 2.67 bits per heavy atom. The molecule has 1 saturated heterocycles. The van der Waals surface area contributed by atoms with Crippen LogP contribution in [-0.4, -0.2) is 39.7 Å². The first-order valence-corrected chi connectivity index (χ1v) is 10.1. The number of ketones is 1. The van der Waals surface area contributed by atoms with Gasteiger partial charge in [0.1, 0.15) is 5.54 Å². The fourth-order valence-electron chi connectivity index (χ4n) is 4.35. The van der Waals surface area contributed by atoms with E-state index in [0.29, 0.717) is 35.2 Å². The second kappa shape index (κ2) is 7.71. The first-order valence-electron chi connectivity index (χ1n) is 10.1. The van der Waals surface area contributed by atoms with Gasteiger partial charge in [0.25, 0.3) is 5.91 Å². The Hall–Kier alpha value is -3.53. The second-order valence-corrected chi connectivity index (χ2v) is 7.93. The highest BCUT2D eigenvalue weighted by Gasteiger charge is 2.51. The second-order valence-electron chi connectivity index (χ2n) is 7.93. The SMILES string of the molecule is Cc1cc(C(=O)CN2C(=O)NC3(CCCCC3)C2=O)cnc1-c1ccccc1C#N. The van der Waals surface area contributed by atoms with Crippen LogP contribution in [0.5, 0.6) is 0 Å². The van der Waals surface area contributed by atoms with E-state index < -0.39 is 11.6 Å². The molecule has 3 amide bonds. The third kappa shape index (κ3) is 3.35. The van der Waals surface area contributed by atoms with Crippen molar-refractivity contribution >= 4 is 17.7 Å². The van der Waals surface area contributed by atoms with Crippen molar-refractivity contribution in [2.75, 3.05) is 6.54 Å². The van der Waals surface area contributed by atoms with E-state index in [1.807, 2.05) is 19.1 Å². The quantitative estimate of drug-likeness (QED) is 0.624. The van der Waals surface area contributed by atoms with Crippen LogP contribution in [0.15, 0.2) is 36.5 Å². The van der Waals surface area contributed by atoms with E-state index in [1.54, 1.807) is 18.2 Å². The maximum Gasteiger partial charge on any atom is 0.325 e. The molecule has 7 nitrogen and oxygen atoms in total. The van der Waals surface area contributed by atoms with Crippen molar-refractivity contribution < 1.29 is 14.4 Å². The van der Waals surface area contributed by atoms with Crippen LogP contribution in [0.4, 0.5) is 4.79 Å². The van der Waals surface area contributed by atoms with E-state index in [-0.39, 0.29) is 18.2 Å². The Balaban J connectivity index is 1.55. The molecule has 2 aliphatic rings. The number of hydrogen-bond donors (Lipinski definition) is 1. The molecule has 2 aromatic rings. The molecule has 0 unspecified atom stereocenters. The molecule has 4 rings (SSSR count). The zero-order valence-electron chi connectivity index (χ0n) is 16.8. The van der Waals surface area contributed by atoms with Crippen LogP contribution in [0.3, 0.4) is 0 Å². The molecule has 1 aliphatic heterocycles. The molecule has 1 aromatic heterocycles. The summed E-state index contributed by atoms with van der Waals surface area (Å²) in [6.07, 6.45) is 5.51. The number of hydrogen-bond acceptors (Lipinski definition) is 5. The fraction of sp³-hybridized carbons (Fsp3) is 0.348. The number of nitriles is 1. The summed E-state index contributed by atoms with van der Waals surface area (Å²) in [7, 11) is 0. The van der Waals surface area contributed by atoms with Crippen molar-refractivity contribution in [2.45, 2.75) is 44.6 Å². The predicted molar refractivity (Wildman–Crippen MR) is 110 cm³/mol. The number of nitrogens with zero attached hydrogens (tertiary/aromatic N) is 3. The van der Waals surface area contributed by atoms with Crippen LogP contribution >= 0.6 is 0 Å². The Kier molecular flexibility index (Phi) is 5.08. The van der Waals surface area contributed by atoms with Gasteiger partial charge in [-0.3, -0.25) is 19.5 Å². The number of benzene rings is 1. The van der Waals surface area contributed by atoms with Crippen molar-refractivity contribution in [3.05, 3.63) is 53.2 Å². The molecule has 1 aromatic carbocycles. The van der Waals surface area contributed by atoms with Gasteiger partial charge < -0.3 is 5.32 Å². The Morgan fingerprint density at radius 1 is 1.23 bits per heavy atom. The fourth-order valence-corrected chi connectivity index (χ4v) is 4.35. The van der Waals surface area contributed by atoms with E-state index >= 15 is 0 Å². The summed E-state index contributed by atoms with van der Waals surface area (Å²) in [5.74, 6) is -0.646. The summed E-state index contributed by atoms with van der Waals surface area (Å²) in [6, 6.07) is 10.5. The maximum atomic E-state index is 12.9. The van der Waals surface area contributed by atoms with E-state index in [2.05, 4.69) is 16.4 Å². The van der Waals surface area contributed by atoms with Crippen molar-refractivity contribution in [2.24, 2.45) is 0 Å². The summed E-state index contributed by atoms with van der Waals surface area (Å²) < 4.78 is 0. The zero-order chi connectivity index (χ0) is 21.3. The minimum Gasteiger partial charge on any atom is -0.323 e. The van der Waals surface area contributed by atoms with Crippen LogP contribution in [0.2, 0.25) is 0 Å². The number of rotatable bonds is 4. The first kappa shape index (κ1) is 19.8. The summed E-state index contributed by atoms with van der Waals surface area (Å²) in [5.41, 5.74) is 2.06. The van der Waals surface area contributed by atoms with E-state index in [0.717, 1.165) is 29.7 Å². The predicted octanol–water partition coefficient (Wildman–Crippen LogP) is 3.37. The minimum absolute atomic E-state index is 0.301. The molecule has 7 heteroatoms. The highest BCUT2D eigenvalue weighted by Crippen LogP contribution is 2.33. The molecule has 1 spiro atoms. The number of Topliss-reactive ketones (excluding diaryl/α,β-unsaturated/α-hetero) is 1. The number of carbonyl (C=O) groups is 3. The standard InChI is InChI=1S/C23H22N4O3/c1-15-11-17(13-25-20(15)18-8-4-3-7-16(18)12-24)19(28)14-27-21(29)23(26-22(27)30)9-5-2-6-10-23/h3-4,7-8,11,13H,2,5-6,9-10,14H2,1H3,(H,26,30). The van der Waals surface area contributed by atoms with Gasteiger partial charge in [0, 0.05) is 17.3 Å². The number of pyridine rings is 1. The van der Waals surface area contributed by atoms with Gasteiger partial charge in [-0.25, -0.2) is 4.79 Å².